The molecule has 0 amide bonds. The molecule has 1 saturated heterocycles. The van der Waals surface area contributed by atoms with Crippen LogP contribution in [0.3, 0.4) is 0 Å². The van der Waals surface area contributed by atoms with E-state index >= 15 is 0 Å². The van der Waals surface area contributed by atoms with E-state index in [1.807, 2.05) is 24.3 Å². The minimum Gasteiger partial charge on any atom is -0.497 e. The van der Waals surface area contributed by atoms with Gasteiger partial charge in [0.2, 0.25) is 0 Å². The van der Waals surface area contributed by atoms with E-state index < -0.39 is 0 Å². The number of hydrogen-bond acceptors (Lipinski definition) is 4. The lowest BCUT2D eigenvalue weighted by Gasteiger charge is -2.15. The molecule has 132 valence electrons. The second-order valence-electron chi connectivity index (χ2n) is 6.49. The topological polar surface area (TPSA) is 51.6 Å². The summed E-state index contributed by atoms with van der Waals surface area (Å²) < 4.78 is 11.2. The summed E-state index contributed by atoms with van der Waals surface area (Å²) in [7, 11) is 1.68. The number of ether oxygens (including phenoxy) is 1. The highest BCUT2D eigenvalue weighted by atomic mass is 35.5. The molecule has 1 aliphatic heterocycles. The number of rotatable bonds is 4. The maximum Gasteiger partial charge on any atom is 0.134 e. The number of likely N-dealkylation sites (tertiary alicyclic amines) is 1. The van der Waals surface area contributed by atoms with Crippen LogP contribution in [0.2, 0.25) is 0 Å². The molecule has 3 aromatic rings. The SMILES string of the molecule is COc1ccc2oc(CN3C[C@@H](N)[C@H](c4ccccc4)C3)cc2c1.Cl. The molecule has 2 heterocycles. The summed E-state index contributed by atoms with van der Waals surface area (Å²) in [5, 5.41) is 1.08. The molecule has 1 aromatic heterocycles. The normalized spacial score (nSPS) is 20.6. The highest BCUT2D eigenvalue weighted by Crippen LogP contribution is 2.29. The number of nitrogens with zero attached hydrogens (tertiary/aromatic N) is 1. The molecule has 25 heavy (non-hydrogen) atoms. The van der Waals surface area contributed by atoms with E-state index in [-0.39, 0.29) is 18.4 Å². The number of halogens is 1. The lowest BCUT2D eigenvalue weighted by atomic mass is 9.95. The molecule has 2 N–H and O–H groups in total. The Bertz CT molecular complexity index is 834. The zero-order chi connectivity index (χ0) is 16.5. The van der Waals surface area contributed by atoms with Gasteiger partial charge in [-0.1, -0.05) is 30.3 Å². The van der Waals surface area contributed by atoms with Crippen LogP contribution in [-0.2, 0) is 6.54 Å². The molecular formula is C20H23ClN2O2. The summed E-state index contributed by atoms with van der Waals surface area (Å²) in [4.78, 5) is 2.37. The molecule has 0 unspecified atom stereocenters. The van der Waals surface area contributed by atoms with Gasteiger partial charge in [-0.15, -0.1) is 12.4 Å². The Morgan fingerprint density at radius 1 is 1.12 bits per heavy atom. The highest BCUT2D eigenvalue weighted by molar-refractivity contribution is 5.85. The fourth-order valence-corrected chi connectivity index (χ4v) is 3.60. The smallest absolute Gasteiger partial charge is 0.134 e. The van der Waals surface area contributed by atoms with Crippen molar-refractivity contribution in [2.24, 2.45) is 5.73 Å². The maximum absolute atomic E-state index is 6.38. The lowest BCUT2D eigenvalue weighted by Crippen LogP contribution is -2.28. The van der Waals surface area contributed by atoms with Crippen molar-refractivity contribution in [1.29, 1.82) is 0 Å². The van der Waals surface area contributed by atoms with Crippen molar-refractivity contribution in [2.75, 3.05) is 20.2 Å². The van der Waals surface area contributed by atoms with Crippen LogP contribution in [0, 0.1) is 0 Å². The van der Waals surface area contributed by atoms with E-state index in [0.717, 1.165) is 42.1 Å². The van der Waals surface area contributed by atoms with Crippen molar-refractivity contribution in [3.63, 3.8) is 0 Å². The van der Waals surface area contributed by atoms with Crippen LogP contribution in [0.15, 0.2) is 59.0 Å². The fourth-order valence-electron chi connectivity index (χ4n) is 3.60. The third-order valence-corrected chi connectivity index (χ3v) is 4.82. The number of nitrogens with two attached hydrogens (primary N) is 1. The van der Waals surface area contributed by atoms with Gasteiger partial charge in [-0.3, -0.25) is 4.90 Å². The predicted molar refractivity (Wildman–Crippen MR) is 102 cm³/mol. The average Bonchev–Trinajstić information content (AvgIpc) is 3.17. The van der Waals surface area contributed by atoms with Crippen molar-refractivity contribution in [2.45, 2.75) is 18.5 Å². The van der Waals surface area contributed by atoms with Gasteiger partial charge in [-0.05, 0) is 29.8 Å². The first-order valence-corrected chi connectivity index (χ1v) is 8.32. The van der Waals surface area contributed by atoms with E-state index in [1.165, 1.54) is 5.56 Å². The second kappa shape index (κ2) is 7.48. The minimum absolute atomic E-state index is 0. The van der Waals surface area contributed by atoms with E-state index in [4.69, 9.17) is 14.9 Å². The molecule has 5 heteroatoms. The molecule has 0 spiro atoms. The van der Waals surface area contributed by atoms with Gasteiger partial charge in [0.15, 0.2) is 0 Å². The Morgan fingerprint density at radius 3 is 2.68 bits per heavy atom. The van der Waals surface area contributed by atoms with Crippen LogP contribution in [0.4, 0.5) is 0 Å². The number of fused-ring (bicyclic) bond motifs is 1. The molecule has 2 aromatic carbocycles. The van der Waals surface area contributed by atoms with E-state index in [0.29, 0.717) is 5.92 Å². The number of furan rings is 1. The van der Waals surface area contributed by atoms with Gasteiger partial charge >= 0.3 is 0 Å². The third kappa shape index (κ3) is 3.66. The number of hydrogen-bond donors (Lipinski definition) is 1. The standard InChI is InChI=1S/C20H22N2O2.ClH/c1-23-16-7-8-20-15(9-16)10-17(24-20)11-22-12-18(19(21)13-22)14-5-3-2-4-6-14;/h2-10,18-19H,11-13,21H2,1H3;1H/t18-,19+;/m0./s1. The van der Waals surface area contributed by atoms with Gasteiger partial charge in [0, 0.05) is 30.4 Å². The first kappa shape index (κ1) is 17.8. The zero-order valence-corrected chi connectivity index (χ0v) is 15.0. The highest BCUT2D eigenvalue weighted by Gasteiger charge is 2.31. The van der Waals surface area contributed by atoms with Crippen LogP contribution in [0.25, 0.3) is 11.0 Å². The Morgan fingerprint density at radius 2 is 1.92 bits per heavy atom. The third-order valence-electron chi connectivity index (χ3n) is 4.82. The molecule has 0 radical (unpaired) electrons. The van der Waals surface area contributed by atoms with Crippen LogP contribution in [-0.4, -0.2) is 31.1 Å². The quantitative estimate of drug-likeness (QED) is 0.771. The average molecular weight is 359 g/mol. The molecule has 1 aliphatic rings. The summed E-state index contributed by atoms with van der Waals surface area (Å²) >= 11 is 0. The minimum atomic E-state index is 0. The van der Waals surface area contributed by atoms with Gasteiger partial charge in [0.05, 0.1) is 13.7 Å². The van der Waals surface area contributed by atoms with E-state index in [2.05, 4.69) is 35.2 Å². The molecule has 0 saturated carbocycles. The summed E-state index contributed by atoms with van der Waals surface area (Å²) in [6.07, 6.45) is 0. The number of methoxy groups -OCH3 is 1. The summed E-state index contributed by atoms with van der Waals surface area (Å²) in [6.45, 7) is 2.64. The molecule has 4 rings (SSSR count). The summed E-state index contributed by atoms with van der Waals surface area (Å²) in [6, 6.07) is 18.7. The first-order valence-electron chi connectivity index (χ1n) is 8.32. The van der Waals surface area contributed by atoms with Crippen LogP contribution < -0.4 is 10.5 Å². The van der Waals surface area contributed by atoms with Crippen LogP contribution >= 0.6 is 12.4 Å². The first-order chi connectivity index (χ1) is 11.7. The second-order valence-corrected chi connectivity index (χ2v) is 6.49. The van der Waals surface area contributed by atoms with Gasteiger partial charge < -0.3 is 14.9 Å². The van der Waals surface area contributed by atoms with Crippen molar-refractivity contribution >= 4 is 23.4 Å². The van der Waals surface area contributed by atoms with Crippen molar-refractivity contribution in [1.82, 2.24) is 4.90 Å². The Balaban J connectivity index is 0.00000182. The van der Waals surface area contributed by atoms with Crippen LogP contribution in [0.1, 0.15) is 17.2 Å². The largest absolute Gasteiger partial charge is 0.497 e. The molecule has 0 aliphatic carbocycles. The van der Waals surface area contributed by atoms with E-state index in [1.54, 1.807) is 7.11 Å². The van der Waals surface area contributed by atoms with Crippen molar-refractivity contribution in [3.05, 3.63) is 65.9 Å². The number of benzene rings is 2. The van der Waals surface area contributed by atoms with E-state index in [9.17, 15) is 0 Å². The summed E-state index contributed by atoms with van der Waals surface area (Å²) in [5.41, 5.74) is 8.60. The van der Waals surface area contributed by atoms with Gasteiger partial charge in [-0.2, -0.15) is 0 Å². The Labute approximate surface area is 154 Å². The predicted octanol–water partition coefficient (Wildman–Crippen LogP) is 3.79. The Kier molecular flexibility index (Phi) is 5.33. The molecule has 4 nitrogen and oxygen atoms in total. The van der Waals surface area contributed by atoms with Gasteiger partial charge in [-0.25, -0.2) is 0 Å². The van der Waals surface area contributed by atoms with Crippen LogP contribution in [0.5, 0.6) is 5.75 Å². The molecular weight excluding hydrogens is 336 g/mol. The molecule has 1 fully saturated rings. The molecule has 0 bridgehead atoms. The maximum atomic E-state index is 6.38. The van der Waals surface area contributed by atoms with Gasteiger partial charge in [0.1, 0.15) is 17.1 Å². The lowest BCUT2D eigenvalue weighted by molar-refractivity contribution is 0.296. The summed E-state index contributed by atoms with van der Waals surface area (Å²) in [5.74, 6) is 2.21. The monoisotopic (exact) mass is 358 g/mol. The van der Waals surface area contributed by atoms with Crippen molar-refractivity contribution in [3.8, 4) is 5.75 Å². The zero-order valence-electron chi connectivity index (χ0n) is 14.2. The Hall–Kier alpha value is -2.01. The van der Waals surface area contributed by atoms with Crippen molar-refractivity contribution < 1.29 is 9.15 Å². The molecule has 2 atom stereocenters. The fraction of sp³-hybridized carbons (Fsp3) is 0.300. The van der Waals surface area contributed by atoms with Gasteiger partial charge in [0.25, 0.3) is 0 Å².